The minimum Gasteiger partial charge on any atom is -0.334 e. The molecule has 0 bridgehead atoms. The van der Waals surface area contributed by atoms with E-state index in [1.165, 1.54) is 24.8 Å². The molecule has 10 heteroatoms. The molecule has 0 amide bonds. The van der Waals surface area contributed by atoms with Crippen molar-refractivity contribution in [2.24, 2.45) is 0 Å². The van der Waals surface area contributed by atoms with E-state index in [0.717, 1.165) is 42.6 Å². The number of nitriles is 1. The first-order chi connectivity index (χ1) is 16.5. The van der Waals surface area contributed by atoms with Gasteiger partial charge in [0, 0.05) is 11.4 Å². The molecule has 2 aliphatic rings. The lowest BCUT2D eigenvalue weighted by Gasteiger charge is -2.30. The van der Waals surface area contributed by atoms with Crippen molar-refractivity contribution >= 4 is 20.9 Å². The Labute approximate surface area is 196 Å². The van der Waals surface area contributed by atoms with Gasteiger partial charge in [-0.15, -0.1) is 0 Å². The molecule has 2 aromatic heterocycles. The molecular formula is C24H25F2N5O2S. The van der Waals surface area contributed by atoms with Crippen LogP contribution in [0.2, 0.25) is 0 Å². The van der Waals surface area contributed by atoms with E-state index in [4.69, 9.17) is 0 Å². The number of aromatic nitrogens is 3. The van der Waals surface area contributed by atoms with Crippen LogP contribution in [-0.4, -0.2) is 42.3 Å². The molecule has 2 heterocycles. The molecule has 2 aliphatic carbocycles. The average molecular weight is 486 g/mol. The van der Waals surface area contributed by atoms with Gasteiger partial charge in [0.15, 0.2) is 5.82 Å². The van der Waals surface area contributed by atoms with Crippen molar-refractivity contribution < 1.29 is 17.2 Å². The molecular weight excluding hydrogens is 460 g/mol. The quantitative estimate of drug-likeness (QED) is 0.505. The number of halogens is 2. The number of fused-ring (bicyclic) bond motifs is 1. The van der Waals surface area contributed by atoms with Crippen LogP contribution in [0.3, 0.4) is 0 Å². The summed E-state index contributed by atoms with van der Waals surface area (Å²) in [4.78, 5) is 8.26. The fourth-order valence-corrected chi connectivity index (χ4v) is 5.73. The molecule has 2 fully saturated rings. The molecule has 0 radical (unpaired) electrons. The van der Waals surface area contributed by atoms with E-state index < -0.39 is 29.4 Å². The molecule has 0 atom stereocenters. The predicted molar refractivity (Wildman–Crippen MR) is 123 cm³/mol. The molecule has 0 saturated heterocycles. The lowest BCUT2D eigenvalue weighted by atomic mass is 9.80. The van der Waals surface area contributed by atoms with Gasteiger partial charge in [-0.05, 0) is 49.7 Å². The number of benzene rings is 1. The highest BCUT2D eigenvalue weighted by Gasteiger charge is 2.30. The maximum absolute atomic E-state index is 12.8. The van der Waals surface area contributed by atoms with Crippen molar-refractivity contribution in [2.75, 3.05) is 13.3 Å². The highest BCUT2D eigenvalue weighted by atomic mass is 32.2. The molecule has 0 unspecified atom stereocenters. The smallest absolute Gasteiger partial charge is 0.244 e. The number of sulfonamides is 1. The van der Waals surface area contributed by atoms with E-state index in [0.29, 0.717) is 17.2 Å². The van der Waals surface area contributed by atoms with Crippen LogP contribution in [0.4, 0.5) is 8.78 Å². The van der Waals surface area contributed by atoms with Gasteiger partial charge < -0.3 is 4.57 Å². The summed E-state index contributed by atoms with van der Waals surface area (Å²) >= 11 is 0. The van der Waals surface area contributed by atoms with Gasteiger partial charge in [0.2, 0.25) is 10.0 Å². The maximum atomic E-state index is 12.8. The van der Waals surface area contributed by atoms with Gasteiger partial charge in [0.05, 0.1) is 29.5 Å². The molecule has 1 aromatic carbocycles. The zero-order valence-corrected chi connectivity index (χ0v) is 19.4. The first-order valence-corrected chi connectivity index (χ1v) is 13.0. The Morgan fingerprint density at radius 3 is 2.32 bits per heavy atom. The number of nitrogens with one attached hydrogen (secondary N) is 1. The van der Waals surface area contributed by atoms with Crippen LogP contribution in [0.1, 0.15) is 61.6 Å². The number of hydrogen-bond donors (Lipinski definition) is 1. The van der Waals surface area contributed by atoms with E-state index in [2.05, 4.69) is 32.7 Å². The second-order valence-electron chi connectivity index (χ2n) is 9.06. The summed E-state index contributed by atoms with van der Waals surface area (Å²) in [5, 5.41) is 10.9. The average Bonchev–Trinajstić information content (AvgIpc) is 3.08. The second-order valence-corrected chi connectivity index (χ2v) is 10.8. The minimum atomic E-state index is -4.18. The third-order valence-electron chi connectivity index (χ3n) is 7.00. The molecule has 5 rings (SSSR count). The van der Waals surface area contributed by atoms with Crippen LogP contribution >= 0.6 is 0 Å². The van der Waals surface area contributed by atoms with E-state index in [1.54, 1.807) is 0 Å². The molecule has 0 spiro atoms. The molecule has 1 N–H and O–H groups in total. The Morgan fingerprint density at radius 2 is 1.79 bits per heavy atom. The standard InChI is InChI=1S/C24H25F2N5O2S/c25-10-17(11-26)30-34(32,33)19-13-28-24(29-14-19)23-21(12-27)20-8-7-16(15-3-1-4-15)9-22(20)31(23)18-5-2-6-18/h7-9,13-15,17-18,30H,1-6,10-11H2. The van der Waals surface area contributed by atoms with Gasteiger partial charge >= 0.3 is 0 Å². The number of nitrogens with zero attached hydrogens (tertiary/aromatic N) is 4. The number of rotatable bonds is 8. The second kappa shape index (κ2) is 9.04. The van der Waals surface area contributed by atoms with Crippen molar-refractivity contribution in [3.05, 3.63) is 41.7 Å². The van der Waals surface area contributed by atoms with E-state index in [-0.39, 0.29) is 16.8 Å². The van der Waals surface area contributed by atoms with Gasteiger partial charge in [-0.1, -0.05) is 18.6 Å². The Bertz CT molecular complexity index is 1350. The number of alkyl halides is 2. The van der Waals surface area contributed by atoms with E-state index >= 15 is 0 Å². The normalized spacial score (nSPS) is 17.0. The summed E-state index contributed by atoms with van der Waals surface area (Å²) in [6.45, 7) is -2.32. The molecule has 3 aromatic rings. The van der Waals surface area contributed by atoms with Crippen LogP contribution in [0.5, 0.6) is 0 Å². The van der Waals surface area contributed by atoms with Crippen LogP contribution in [0.25, 0.3) is 22.4 Å². The van der Waals surface area contributed by atoms with Crippen molar-refractivity contribution in [3.63, 3.8) is 0 Å². The minimum absolute atomic E-state index is 0.222. The molecule has 2 saturated carbocycles. The van der Waals surface area contributed by atoms with Crippen LogP contribution in [0.15, 0.2) is 35.5 Å². The van der Waals surface area contributed by atoms with Crippen LogP contribution in [-0.2, 0) is 10.0 Å². The number of hydrogen-bond acceptors (Lipinski definition) is 5. The topological polar surface area (TPSA) is 101 Å². The highest BCUT2D eigenvalue weighted by molar-refractivity contribution is 7.89. The van der Waals surface area contributed by atoms with Crippen molar-refractivity contribution in [1.82, 2.24) is 19.3 Å². The highest BCUT2D eigenvalue weighted by Crippen LogP contribution is 2.44. The van der Waals surface area contributed by atoms with Crippen LogP contribution < -0.4 is 4.72 Å². The zero-order valence-electron chi connectivity index (χ0n) is 18.5. The lowest BCUT2D eigenvalue weighted by molar-refractivity contribution is 0.323. The summed E-state index contributed by atoms with van der Waals surface area (Å²) in [6, 6.07) is 7.34. The van der Waals surface area contributed by atoms with Crippen molar-refractivity contribution in [1.29, 1.82) is 5.26 Å². The lowest BCUT2D eigenvalue weighted by Crippen LogP contribution is -2.38. The van der Waals surface area contributed by atoms with Gasteiger partial charge in [-0.25, -0.2) is 31.9 Å². The Kier molecular flexibility index (Phi) is 6.08. The Hall–Kier alpha value is -2.90. The maximum Gasteiger partial charge on any atom is 0.244 e. The van der Waals surface area contributed by atoms with E-state index in [1.807, 2.05) is 10.8 Å². The first-order valence-electron chi connectivity index (χ1n) is 11.5. The summed E-state index contributed by atoms with van der Waals surface area (Å²) in [7, 11) is -4.18. The van der Waals surface area contributed by atoms with Gasteiger partial charge in [-0.2, -0.15) is 5.26 Å². The Morgan fingerprint density at radius 1 is 1.12 bits per heavy atom. The molecule has 7 nitrogen and oxygen atoms in total. The SMILES string of the molecule is N#Cc1c(-c2ncc(S(=O)(=O)NC(CF)CF)cn2)n(C2CCC2)c2cc(C3CCC3)ccc12. The van der Waals surface area contributed by atoms with Crippen molar-refractivity contribution in [3.8, 4) is 17.6 Å². The van der Waals surface area contributed by atoms with Gasteiger partial charge in [0.25, 0.3) is 0 Å². The fourth-order valence-electron chi connectivity index (χ4n) is 4.65. The largest absolute Gasteiger partial charge is 0.334 e. The molecule has 0 aliphatic heterocycles. The third-order valence-corrected chi connectivity index (χ3v) is 8.48. The molecule has 178 valence electrons. The summed E-state index contributed by atoms with van der Waals surface area (Å²) in [5.74, 6) is 0.796. The van der Waals surface area contributed by atoms with Crippen molar-refractivity contribution in [2.45, 2.75) is 61.4 Å². The van der Waals surface area contributed by atoms with Gasteiger partial charge in [0.1, 0.15) is 30.0 Å². The zero-order chi connectivity index (χ0) is 23.9. The van der Waals surface area contributed by atoms with Gasteiger partial charge in [-0.3, -0.25) is 0 Å². The first kappa shape index (κ1) is 22.9. The monoisotopic (exact) mass is 485 g/mol. The van der Waals surface area contributed by atoms with E-state index in [9.17, 15) is 22.5 Å². The fraction of sp³-hybridized carbons (Fsp3) is 0.458. The third kappa shape index (κ3) is 3.87. The summed E-state index contributed by atoms with van der Waals surface area (Å²) < 4.78 is 54.6. The van der Waals surface area contributed by atoms with Crippen LogP contribution in [0, 0.1) is 11.3 Å². The summed E-state index contributed by atoms with van der Waals surface area (Å²) in [6.07, 6.45) is 8.88. The summed E-state index contributed by atoms with van der Waals surface area (Å²) in [5.41, 5.74) is 3.30. The Balaban J connectivity index is 1.60. The predicted octanol–water partition coefficient (Wildman–Crippen LogP) is 4.55. The molecule has 34 heavy (non-hydrogen) atoms.